The number of halogens is 2. The van der Waals surface area contributed by atoms with E-state index in [1.807, 2.05) is 41.1 Å². The number of hydrogen-bond acceptors (Lipinski definition) is 6. The summed E-state index contributed by atoms with van der Waals surface area (Å²) in [5, 5.41) is 4.56. The van der Waals surface area contributed by atoms with Crippen LogP contribution in [0.2, 0.25) is 10.0 Å². The molecule has 5 rings (SSSR count). The number of aromatic nitrogens is 2. The van der Waals surface area contributed by atoms with Gasteiger partial charge in [-0.1, -0.05) is 47.5 Å². The zero-order valence-electron chi connectivity index (χ0n) is 18.3. The third-order valence-electron chi connectivity index (χ3n) is 6.44. The number of piperazine rings is 1. The van der Waals surface area contributed by atoms with Crippen molar-refractivity contribution in [3.8, 4) is 0 Å². The van der Waals surface area contributed by atoms with Gasteiger partial charge in [0.2, 0.25) is 0 Å². The van der Waals surface area contributed by atoms with Gasteiger partial charge in [-0.3, -0.25) is 0 Å². The number of nitrogens with zero attached hydrogens (tertiary/aromatic N) is 3. The van der Waals surface area contributed by atoms with E-state index in [0.29, 0.717) is 23.1 Å². The van der Waals surface area contributed by atoms with Crippen LogP contribution in [-0.2, 0) is 26.4 Å². The summed E-state index contributed by atoms with van der Waals surface area (Å²) < 4.78 is 21.4. The highest BCUT2D eigenvalue weighted by atomic mass is 35.5. The quantitative estimate of drug-likeness (QED) is 0.567. The highest BCUT2D eigenvalue weighted by Gasteiger charge is 2.63. The van der Waals surface area contributed by atoms with E-state index in [9.17, 15) is 0 Å². The van der Waals surface area contributed by atoms with Gasteiger partial charge in [0.05, 0.1) is 19.5 Å². The van der Waals surface area contributed by atoms with Crippen molar-refractivity contribution in [3.63, 3.8) is 0 Å². The average Bonchev–Trinajstić information content (AvgIpc) is 3.51. The van der Waals surface area contributed by atoms with Gasteiger partial charge >= 0.3 is 0 Å². The third kappa shape index (κ3) is 3.93. The first-order chi connectivity index (χ1) is 16.1. The Morgan fingerprint density at radius 2 is 2.06 bits per heavy atom. The van der Waals surface area contributed by atoms with Crippen molar-refractivity contribution in [2.45, 2.75) is 24.2 Å². The Hall–Kier alpha value is -2.13. The first-order valence-corrected chi connectivity index (χ1v) is 11.6. The number of para-hydroxylation sites is 1. The van der Waals surface area contributed by atoms with Crippen LogP contribution in [0, 0.1) is 0 Å². The maximum atomic E-state index is 6.81. The molecular formula is C24H26Cl2N4O3. The molecule has 3 heterocycles. The SMILES string of the molecule is COC1(C2(c3ccc(Cl)cc3Cl)COC(Cn3ccnc3)O2)CNCCN1c1ccccc1. The van der Waals surface area contributed by atoms with Crippen molar-refractivity contribution in [3.05, 3.63) is 82.9 Å². The molecule has 2 aliphatic rings. The molecule has 0 spiro atoms. The molecule has 9 heteroatoms. The minimum absolute atomic E-state index is 0.257. The molecule has 1 N–H and O–H groups in total. The van der Waals surface area contributed by atoms with Crippen LogP contribution in [0.4, 0.5) is 5.69 Å². The number of hydrogen-bond donors (Lipinski definition) is 1. The number of nitrogens with one attached hydrogen (secondary N) is 1. The molecule has 7 nitrogen and oxygen atoms in total. The predicted octanol–water partition coefficient (Wildman–Crippen LogP) is 3.91. The molecule has 2 aromatic carbocycles. The van der Waals surface area contributed by atoms with Gasteiger partial charge in [0.15, 0.2) is 17.6 Å². The van der Waals surface area contributed by atoms with E-state index < -0.39 is 17.6 Å². The molecule has 3 atom stereocenters. The highest BCUT2D eigenvalue weighted by Crippen LogP contribution is 2.50. The lowest BCUT2D eigenvalue weighted by Crippen LogP contribution is -2.73. The molecule has 2 saturated heterocycles. The molecule has 0 aliphatic carbocycles. The number of benzene rings is 2. The molecule has 2 aliphatic heterocycles. The number of ether oxygens (including phenoxy) is 3. The normalized spacial score (nSPS) is 27.7. The van der Waals surface area contributed by atoms with Gasteiger partial charge in [-0.05, 0) is 24.3 Å². The lowest BCUT2D eigenvalue weighted by Gasteiger charge is -2.55. The maximum Gasteiger partial charge on any atom is 0.189 e. The molecule has 3 aromatic rings. The third-order valence-corrected chi connectivity index (χ3v) is 6.99. The zero-order valence-corrected chi connectivity index (χ0v) is 19.8. The summed E-state index contributed by atoms with van der Waals surface area (Å²) in [5.74, 6) is 0. The average molecular weight is 489 g/mol. The van der Waals surface area contributed by atoms with Gasteiger partial charge in [0.1, 0.15) is 0 Å². The summed E-state index contributed by atoms with van der Waals surface area (Å²) in [5.41, 5.74) is -0.161. The summed E-state index contributed by atoms with van der Waals surface area (Å²) in [7, 11) is 1.71. The number of anilines is 1. The van der Waals surface area contributed by atoms with E-state index in [4.69, 9.17) is 37.4 Å². The molecule has 174 valence electrons. The standard InChI is InChI=1S/C24H26Cl2N4O3/c1-31-24(15-27-10-12-30(24)19-5-3-2-4-6-19)23(20-8-7-18(25)13-21(20)26)16-32-22(33-23)14-29-11-9-28-17-29/h2-9,11,13,17,22,27H,10,12,14-16H2,1H3. The van der Waals surface area contributed by atoms with E-state index in [1.54, 1.807) is 25.7 Å². The monoisotopic (exact) mass is 488 g/mol. The van der Waals surface area contributed by atoms with Crippen LogP contribution in [-0.4, -0.2) is 54.9 Å². The fraction of sp³-hybridized carbons (Fsp3) is 0.375. The molecule has 33 heavy (non-hydrogen) atoms. The Kier molecular flexibility index (Phi) is 6.35. The summed E-state index contributed by atoms with van der Waals surface area (Å²) in [6.07, 6.45) is 4.84. The number of imidazole rings is 1. The van der Waals surface area contributed by atoms with Crippen molar-refractivity contribution in [2.75, 3.05) is 38.3 Å². The molecule has 1 aromatic heterocycles. The van der Waals surface area contributed by atoms with Gasteiger partial charge in [0, 0.05) is 60.4 Å². The van der Waals surface area contributed by atoms with Crippen molar-refractivity contribution in [2.24, 2.45) is 0 Å². The van der Waals surface area contributed by atoms with Crippen molar-refractivity contribution in [1.82, 2.24) is 14.9 Å². The predicted molar refractivity (Wildman–Crippen MR) is 128 cm³/mol. The minimum Gasteiger partial charge on any atom is -0.354 e. The fourth-order valence-corrected chi connectivity index (χ4v) is 5.47. The molecule has 3 unspecified atom stereocenters. The largest absolute Gasteiger partial charge is 0.354 e. The van der Waals surface area contributed by atoms with Gasteiger partial charge in [-0.25, -0.2) is 4.98 Å². The minimum atomic E-state index is -1.03. The van der Waals surface area contributed by atoms with Gasteiger partial charge < -0.3 is 29.0 Å². The van der Waals surface area contributed by atoms with Gasteiger partial charge in [0.25, 0.3) is 0 Å². The van der Waals surface area contributed by atoms with Gasteiger partial charge in [-0.15, -0.1) is 0 Å². The smallest absolute Gasteiger partial charge is 0.189 e. The second-order valence-corrected chi connectivity index (χ2v) is 9.07. The Morgan fingerprint density at radius 1 is 1.21 bits per heavy atom. The van der Waals surface area contributed by atoms with E-state index in [-0.39, 0.29) is 6.61 Å². The lowest BCUT2D eigenvalue weighted by molar-refractivity contribution is -0.202. The summed E-state index contributed by atoms with van der Waals surface area (Å²) >= 11 is 13.0. The Morgan fingerprint density at radius 3 is 2.79 bits per heavy atom. The molecule has 0 radical (unpaired) electrons. The summed E-state index contributed by atoms with van der Waals surface area (Å²) in [4.78, 5) is 6.37. The molecule has 0 amide bonds. The van der Waals surface area contributed by atoms with Crippen molar-refractivity contribution >= 4 is 28.9 Å². The molecule has 0 bridgehead atoms. The first kappa shape index (κ1) is 22.7. The van der Waals surface area contributed by atoms with E-state index in [2.05, 4.69) is 27.3 Å². The fourth-order valence-electron chi connectivity index (χ4n) is 4.91. The van der Waals surface area contributed by atoms with Crippen LogP contribution in [0.1, 0.15) is 5.56 Å². The summed E-state index contributed by atoms with van der Waals surface area (Å²) in [6.45, 7) is 2.79. The van der Waals surface area contributed by atoms with Gasteiger partial charge in [-0.2, -0.15) is 0 Å². The number of rotatable bonds is 6. The van der Waals surface area contributed by atoms with Crippen LogP contribution < -0.4 is 10.2 Å². The molecule has 2 fully saturated rings. The highest BCUT2D eigenvalue weighted by molar-refractivity contribution is 6.35. The van der Waals surface area contributed by atoms with Crippen molar-refractivity contribution in [1.29, 1.82) is 0 Å². The maximum absolute atomic E-state index is 6.81. The molecular weight excluding hydrogens is 463 g/mol. The van der Waals surface area contributed by atoms with Crippen LogP contribution in [0.15, 0.2) is 67.3 Å². The van der Waals surface area contributed by atoms with E-state index in [1.165, 1.54) is 0 Å². The number of methoxy groups -OCH3 is 1. The van der Waals surface area contributed by atoms with E-state index >= 15 is 0 Å². The second kappa shape index (κ2) is 9.25. The Balaban J connectivity index is 1.64. The first-order valence-electron chi connectivity index (χ1n) is 10.9. The molecule has 0 saturated carbocycles. The lowest BCUT2D eigenvalue weighted by atomic mass is 9.80. The Bertz CT molecular complexity index is 1080. The van der Waals surface area contributed by atoms with Crippen LogP contribution in [0.5, 0.6) is 0 Å². The zero-order chi connectivity index (χ0) is 22.9. The Labute approximate surface area is 203 Å². The van der Waals surface area contributed by atoms with Crippen LogP contribution in [0.25, 0.3) is 0 Å². The summed E-state index contributed by atoms with van der Waals surface area (Å²) in [6, 6.07) is 15.7. The van der Waals surface area contributed by atoms with Crippen LogP contribution in [0.3, 0.4) is 0 Å². The van der Waals surface area contributed by atoms with Crippen LogP contribution >= 0.6 is 23.2 Å². The van der Waals surface area contributed by atoms with E-state index in [0.717, 1.165) is 24.3 Å². The van der Waals surface area contributed by atoms with Crippen molar-refractivity contribution < 1.29 is 14.2 Å². The second-order valence-electron chi connectivity index (χ2n) is 8.22. The topological polar surface area (TPSA) is 60.8 Å².